The van der Waals surface area contributed by atoms with Gasteiger partial charge in [0.05, 0.1) is 6.04 Å². The maximum atomic E-state index is 12.7. The minimum absolute atomic E-state index is 0.0726. The zero-order valence-corrected chi connectivity index (χ0v) is 18.2. The fourth-order valence-electron chi connectivity index (χ4n) is 3.40. The van der Waals surface area contributed by atoms with Crippen LogP contribution in [-0.2, 0) is 4.74 Å². The first kappa shape index (κ1) is 20.3. The van der Waals surface area contributed by atoms with Crippen LogP contribution in [0, 0.1) is 0 Å². The molecule has 0 aliphatic carbocycles. The number of rotatable bonds is 3. The van der Waals surface area contributed by atoms with E-state index in [9.17, 15) is 4.79 Å². The third kappa shape index (κ3) is 4.59. The number of carbonyl (C=O) groups is 1. The summed E-state index contributed by atoms with van der Waals surface area (Å²) in [6.07, 6.45) is 3.30. The Labute approximate surface area is 180 Å². The highest BCUT2D eigenvalue weighted by atomic mass is 32.1. The molecule has 1 amide bonds. The molecule has 7 nitrogen and oxygen atoms in total. The standard InChI is InChI=1S/C22H25N5O2S/c1-22(2,3)29-21(28)26-12-13-27(18(15-26)17-10-7-11-23-14-17)20-24-19(25-30-20)16-8-5-4-6-9-16/h4-11,14,18H,12-13,15H2,1-3H3. The smallest absolute Gasteiger partial charge is 0.410 e. The number of aromatic nitrogens is 3. The Hall–Kier alpha value is -3.00. The summed E-state index contributed by atoms with van der Waals surface area (Å²) in [6.45, 7) is 7.35. The molecule has 4 rings (SSSR count). The number of nitrogens with zero attached hydrogens (tertiary/aromatic N) is 5. The number of carbonyl (C=O) groups excluding carboxylic acids is 1. The second-order valence-electron chi connectivity index (χ2n) is 8.19. The lowest BCUT2D eigenvalue weighted by Crippen LogP contribution is -2.51. The van der Waals surface area contributed by atoms with E-state index in [1.54, 1.807) is 11.1 Å². The number of benzene rings is 1. The van der Waals surface area contributed by atoms with Gasteiger partial charge in [-0.15, -0.1) is 0 Å². The van der Waals surface area contributed by atoms with E-state index in [4.69, 9.17) is 9.72 Å². The minimum atomic E-state index is -0.526. The largest absolute Gasteiger partial charge is 0.444 e. The molecule has 1 aliphatic rings. The van der Waals surface area contributed by atoms with Gasteiger partial charge in [-0.25, -0.2) is 4.79 Å². The average molecular weight is 424 g/mol. The second kappa shape index (κ2) is 8.39. The number of pyridine rings is 1. The van der Waals surface area contributed by atoms with Gasteiger partial charge in [0.25, 0.3) is 0 Å². The summed E-state index contributed by atoms with van der Waals surface area (Å²) >= 11 is 1.38. The number of amides is 1. The van der Waals surface area contributed by atoms with Gasteiger partial charge in [0.15, 0.2) is 5.82 Å². The Morgan fingerprint density at radius 3 is 2.63 bits per heavy atom. The maximum Gasteiger partial charge on any atom is 0.410 e. The molecule has 1 saturated heterocycles. The fraction of sp³-hybridized carbons (Fsp3) is 0.364. The van der Waals surface area contributed by atoms with Crippen LogP contribution in [0.15, 0.2) is 54.9 Å². The molecular weight excluding hydrogens is 398 g/mol. The van der Waals surface area contributed by atoms with Crippen molar-refractivity contribution in [2.75, 3.05) is 24.5 Å². The Morgan fingerprint density at radius 1 is 1.13 bits per heavy atom. The predicted molar refractivity (Wildman–Crippen MR) is 117 cm³/mol. The van der Waals surface area contributed by atoms with E-state index in [2.05, 4.69) is 14.3 Å². The first-order valence-electron chi connectivity index (χ1n) is 9.94. The molecule has 1 aromatic carbocycles. The van der Waals surface area contributed by atoms with Gasteiger partial charge in [-0.3, -0.25) is 4.98 Å². The molecule has 8 heteroatoms. The first-order chi connectivity index (χ1) is 14.4. The van der Waals surface area contributed by atoms with E-state index in [1.807, 2.05) is 69.4 Å². The molecule has 0 spiro atoms. The number of hydrogen-bond donors (Lipinski definition) is 0. The zero-order valence-electron chi connectivity index (χ0n) is 17.4. The Bertz CT molecular complexity index is 988. The van der Waals surface area contributed by atoms with Gasteiger partial charge >= 0.3 is 6.09 Å². The van der Waals surface area contributed by atoms with Crippen molar-refractivity contribution in [1.29, 1.82) is 0 Å². The molecule has 3 aromatic rings. The third-order valence-electron chi connectivity index (χ3n) is 4.79. The van der Waals surface area contributed by atoms with Gasteiger partial charge in [-0.1, -0.05) is 36.4 Å². The number of anilines is 1. The number of piperazine rings is 1. The monoisotopic (exact) mass is 423 g/mol. The molecule has 3 heterocycles. The Morgan fingerprint density at radius 2 is 1.93 bits per heavy atom. The summed E-state index contributed by atoms with van der Waals surface area (Å²) in [6, 6.07) is 13.8. The lowest BCUT2D eigenvalue weighted by molar-refractivity contribution is 0.0214. The maximum absolute atomic E-state index is 12.7. The molecule has 156 valence electrons. The van der Waals surface area contributed by atoms with Gasteiger partial charge in [-0.2, -0.15) is 9.36 Å². The Balaban J connectivity index is 1.60. The lowest BCUT2D eigenvalue weighted by Gasteiger charge is -2.41. The molecule has 2 aromatic heterocycles. The summed E-state index contributed by atoms with van der Waals surface area (Å²) in [4.78, 5) is 25.7. The number of hydrogen-bond acceptors (Lipinski definition) is 7. The lowest BCUT2D eigenvalue weighted by atomic mass is 10.1. The fourth-order valence-corrected chi connectivity index (χ4v) is 4.16. The van der Waals surface area contributed by atoms with Crippen LogP contribution >= 0.6 is 11.5 Å². The molecule has 1 aliphatic heterocycles. The van der Waals surface area contributed by atoms with Crippen LogP contribution in [0.25, 0.3) is 11.4 Å². The van der Waals surface area contributed by atoms with Crippen molar-refractivity contribution in [1.82, 2.24) is 19.2 Å². The second-order valence-corrected chi connectivity index (χ2v) is 8.92. The summed E-state index contributed by atoms with van der Waals surface area (Å²) < 4.78 is 10.2. The van der Waals surface area contributed by atoms with E-state index >= 15 is 0 Å². The van der Waals surface area contributed by atoms with E-state index in [1.165, 1.54) is 11.5 Å². The van der Waals surface area contributed by atoms with Gasteiger partial charge in [-0.05, 0) is 32.4 Å². The van der Waals surface area contributed by atoms with E-state index in [-0.39, 0.29) is 12.1 Å². The van der Waals surface area contributed by atoms with E-state index in [0.717, 1.165) is 22.1 Å². The van der Waals surface area contributed by atoms with Crippen molar-refractivity contribution in [3.63, 3.8) is 0 Å². The first-order valence-corrected chi connectivity index (χ1v) is 10.7. The van der Waals surface area contributed by atoms with E-state index < -0.39 is 5.60 Å². The predicted octanol–water partition coefficient (Wildman–Crippen LogP) is 4.40. The normalized spacial score (nSPS) is 17.1. The van der Waals surface area contributed by atoms with Crippen LogP contribution in [0.1, 0.15) is 32.4 Å². The van der Waals surface area contributed by atoms with Crippen LogP contribution in [0.4, 0.5) is 9.93 Å². The van der Waals surface area contributed by atoms with E-state index in [0.29, 0.717) is 19.6 Å². The molecule has 0 saturated carbocycles. The van der Waals surface area contributed by atoms with Crippen molar-refractivity contribution in [2.24, 2.45) is 0 Å². The molecule has 1 fully saturated rings. The minimum Gasteiger partial charge on any atom is -0.444 e. The number of ether oxygens (including phenoxy) is 1. The van der Waals surface area contributed by atoms with Gasteiger partial charge in [0, 0.05) is 49.1 Å². The molecular formula is C22H25N5O2S. The highest BCUT2D eigenvalue weighted by molar-refractivity contribution is 7.09. The van der Waals surface area contributed by atoms with Crippen molar-refractivity contribution < 1.29 is 9.53 Å². The SMILES string of the molecule is CC(C)(C)OC(=O)N1CCN(c2nc(-c3ccccc3)ns2)C(c2cccnc2)C1. The zero-order chi connectivity index (χ0) is 21.1. The highest BCUT2D eigenvalue weighted by Gasteiger charge is 2.34. The summed E-state index contributed by atoms with van der Waals surface area (Å²) in [5.74, 6) is 0.718. The summed E-state index contributed by atoms with van der Waals surface area (Å²) in [5.41, 5.74) is 1.49. The average Bonchev–Trinajstić information content (AvgIpc) is 3.23. The van der Waals surface area contributed by atoms with Gasteiger partial charge in [0.2, 0.25) is 5.13 Å². The molecule has 0 bridgehead atoms. The molecule has 1 atom stereocenters. The molecule has 0 N–H and O–H groups in total. The molecule has 30 heavy (non-hydrogen) atoms. The summed E-state index contributed by atoms with van der Waals surface area (Å²) in [5, 5.41) is 0.839. The van der Waals surface area contributed by atoms with Crippen molar-refractivity contribution >= 4 is 22.8 Å². The van der Waals surface area contributed by atoms with Crippen molar-refractivity contribution in [3.8, 4) is 11.4 Å². The summed E-state index contributed by atoms with van der Waals surface area (Å²) in [7, 11) is 0. The third-order valence-corrected chi connectivity index (χ3v) is 5.55. The highest BCUT2D eigenvalue weighted by Crippen LogP contribution is 2.33. The van der Waals surface area contributed by atoms with Gasteiger partial charge in [0.1, 0.15) is 5.60 Å². The van der Waals surface area contributed by atoms with Crippen LogP contribution in [0.2, 0.25) is 0 Å². The van der Waals surface area contributed by atoms with Crippen LogP contribution in [0.5, 0.6) is 0 Å². The quantitative estimate of drug-likeness (QED) is 0.622. The topological polar surface area (TPSA) is 71.5 Å². The Kier molecular flexibility index (Phi) is 5.67. The molecule has 1 unspecified atom stereocenters. The van der Waals surface area contributed by atoms with Crippen LogP contribution in [0.3, 0.4) is 0 Å². The van der Waals surface area contributed by atoms with Gasteiger partial charge < -0.3 is 14.5 Å². The van der Waals surface area contributed by atoms with Crippen molar-refractivity contribution in [3.05, 3.63) is 60.4 Å². The van der Waals surface area contributed by atoms with Crippen LogP contribution in [-0.4, -0.2) is 50.6 Å². The molecule has 0 radical (unpaired) electrons. The van der Waals surface area contributed by atoms with Crippen molar-refractivity contribution in [2.45, 2.75) is 32.4 Å². The van der Waals surface area contributed by atoms with Crippen LogP contribution < -0.4 is 4.90 Å².